The van der Waals surface area contributed by atoms with E-state index in [0.29, 0.717) is 6.04 Å². The molecule has 1 fully saturated rings. The summed E-state index contributed by atoms with van der Waals surface area (Å²) in [6.45, 7) is 2.86. The highest BCUT2D eigenvalue weighted by molar-refractivity contribution is 7.98. The molecule has 0 spiro atoms. The quantitative estimate of drug-likeness (QED) is 0.829. The molecule has 0 bridgehead atoms. The molecule has 1 aliphatic rings. The van der Waals surface area contributed by atoms with Gasteiger partial charge in [0.1, 0.15) is 5.75 Å². The summed E-state index contributed by atoms with van der Waals surface area (Å²) in [5, 5.41) is 8.05. The number of hydrogen-bond acceptors (Lipinski definition) is 4. The lowest BCUT2D eigenvalue weighted by Gasteiger charge is -2.12. The van der Waals surface area contributed by atoms with Crippen molar-refractivity contribution >= 4 is 11.8 Å². The molecule has 0 atom stereocenters. The van der Waals surface area contributed by atoms with E-state index in [1.165, 1.54) is 12.8 Å². The van der Waals surface area contributed by atoms with Crippen LogP contribution in [0, 0.1) is 6.92 Å². The van der Waals surface area contributed by atoms with E-state index in [4.69, 9.17) is 4.74 Å². The Bertz CT molecular complexity index is 634. The molecule has 0 amide bonds. The Hall–Kier alpha value is -1.46. The molecule has 1 aromatic carbocycles. The van der Waals surface area contributed by atoms with Crippen molar-refractivity contribution in [3.63, 3.8) is 0 Å². The third-order valence-corrected chi connectivity index (χ3v) is 4.49. The lowest BCUT2D eigenvalue weighted by molar-refractivity contribution is 0.415. The van der Waals surface area contributed by atoms with Crippen LogP contribution in [0.15, 0.2) is 29.2 Å². The maximum atomic E-state index is 6.18. The smallest absolute Gasteiger partial charge is 0.222 e. The monoisotopic (exact) mass is 303 g/mol. The van der Waals surface area contributed by atoms with Crippen molar-refractivity contribution in [3.8, 4) is 11.6 Å². The molecule has 5 heteroatoms. The number of thioether (sulfide) groups is 1. The molecule has 1 saturated carbocycles. The lowest BCUT2D eigenvalue weighted by Crippen LogP contribution is -2.16. The van der Waals surface area contributed by atoms with E-state index in [0.717, 1.165) is 34.3 Å². The van der Waals surface area contributed by atoms with Crippen LogP contribution in [-0.4, -0.2) is 22.1 Å². The first-order chi connectivity index (χ1) is 10.2. The molecule has 1 aromatic heterocycles. The van der Waals surface area contributed by atoms with Crippen LogP contribution in [0.3, 0.4) is 0 Å². The van der Waals surface area contributed by atoms with Crippen molar-refractivity contribution < 1.29 is 4.74 Å². The number of nitrogens with zero attached hydrogens (tertiary/aromatic N) is 2. The SMILES string of the molecule is CSc1ccccc1Oc1c(CNC2CC2)c(C)nn1C. The molecule has 0 aliphatic heterocycles. The van der Waals surface area contributed by atoms with E-state index in [9.17, 15) is 0 Å². The van der Waals surface area contributed by atoms with Crippen molar-refractivity contribution in [2.24, 2.45) is 7.05 Å². The molecule has 0 unspecified atom stereocenters. The summed E-state index contributed by atoms with van der Waals surface area (Å²) < 4.78 is 8.01. The fourth-order valence-corrected chi connectivity index (χ4v) is 2.88. The molecule has 1 heterocycles. The lowest BCUT2D eigenvalue weighted by atomic mass is 10.2. The fraction of sp³-hybridized carbons (Fsp3) is 0.438. The van der Waals surface area contributed by atoms with Gasteiger partial charge in [0.25, 0.3) is 0 Å². The van der Waals surface area contributed by atoms with Gasteiger partial charge < -0.3 is 10.1 Å². The minimum Gasteiger partial charge on any atom is -0.438 e. The highest BCUT2D eigenvalue weighted by Crippen LogP contribution is 2.33. The highest BCUT2D eigenvalue weighted by Gasteiger charge is 2.23. The molecule has 2 aromatic rings. The Labute approximate surface area is 129 Å². The van der Waals surface area contributed by atoms with E-state index in [1.807, 2.05) is 36.9 Å². The van der Waals surface area contributed by atoms with Crippen LogP contribution in [0.25, 0.3) is 0 Å². The number of benzene rings is 1. The summed E-state index contributed by atoms with van der Waals surface area (Å²) >= 11 is 1.69. The van der Waals surface area contributed by atoms with Gasteiger partial charge in [-0.1, -0.05) is 12.1 Å². The van der Waals surface area contributed by atoms with Crippen molar-refractivity contribution in [3.05, 3.63) is 35.5 Å². The van der Waals surface area contributed by atoms with Gasteiger partial charge in [0.2, 0.25) is 5.88 Å². The molecule has 4 nitrogen and oxygen atoms in total. The number of aryl methyl sites for hydroxylation is 2. The molecule has 21 heavy (non-hydrogen) atoms. The van der Waals surface area contributed by atoms with Gasteiger partial charge in [-0.15, -0.1) is 11.8 Å². The second-order valence-electron chi connectivity index (χ2n) is 5.40. The zero-order valence-corrected chi connectivity index (χ0v) is 13.5. The van der Waals surface area contributed by atoms with E-state index >= 15 is 0 Å². The van der Waals surface area contributed by atoms with E-state index in [2.05, 4.69) is 22.7 Å². The second kappa shape index (κ2) is 6.12. The summed E-state index contributed by atoms with van der Waals surface area (Å²) in [4.78, 5) is 1.14. The third-order valence-electron chi connectivity index (χ3n) is 3.71. The Morgan fingerprint density at radius 2 is 2.14 bits per heavy atom. The van der Waals surface area contributed by atoms with Crippen molar-refractivity contribution in [1.29, 1.82) is 0 Å². The van der Waals surface area contributed by atoms with Gasteiger partial charge in [-0.2, -0.15) is 5.10 Å². The van der Waals surface area contributed by atoms with Crippen LogP contribution in [-0.2, 0) is 13.6 Å². The van der Waals surface area contributed by atoms with Gasteiger partial charge in [-0.3, -0.25) is 0 Å². The maximum Gasteiger partial charge on any atom is 0.222 e. The van der Waals surface area contributed by atoms with E-state index in [1.54, 1.807) is 11.8 Å². The highest BCUT2D eigenvalue weighted by atomic mass is 32.2. The zero-order valence-electron chi connectivity index (χ0n) is 12.7. The number of para-hydroxylation sites is 1. The van der Waals surface area contributed by atoms with Gasteiger partial charge in [0, 0.05) is 24.5 Å². The Morgan fingerprint density at radius 1 is 1.38 bits per heavy atom. The number of hydrogen-bond donors (Lipinski definition) is 1. The molecule has 1 aliphatic carbocycles. The topological polar surface area (TPSA) is 39.1 Å². The molecule has 0 saturated heterocycles. The molecule has 0 radical (unpaired) electrons. The van der Waals surface area contributed by atoms with Crippen LogP contribution in [0.5, 0.6) is 11.6 Å². The van der Waals surface area contributed by atoms with Crippen molar-refractivity contribution in [1.82, 2.24) is 15.1 Å². The largest absolute Gasteiger partial charge is 0.438 e. The predicted molar refractivity (Wildman–Crippen MR) is 86.1 cm³/mol. The van der Waals surface area contributed by atoms with E-state index in [-0.39, 0.29) is 0 Å². The first kappa shape index (κ1) is 14.5. The van der Waals surface area contributed by atoms with Gasteiger partial charge in [-0.25, -0.2) is 4.68 Å². The third kappa shape index (κ3) is 3.24. The summed E-state index contributed by atoms with van der Waals surface area (Å²) in [6, 6.07) is 8.79. The fourth-order valence-electron chi connectivity index (χ4n) is 2.35. The Morgan fingerprint density at radius 3 is 2.86 bits per heavy atom. The Balaban J connectivity index is 1.86. The molecule has 1 N–H and O–H groups in total. The Kier molecular flexibility index (Phi) is 4.22. The summed E-state index contributed by atoms with van der Waals surface area (Å²) in [5.41, 5.74) is 2.18. The van der Waals surface area contributed by atoms with Crippen molar-refractivity contribution in [2.75, 3.05) is 6.26 Å². The van der Waals surface area contributed by atoms with Crippen LogP contribution in [0.4, 0.5) is 0 Å². The van der Waals surface area contributed by atoms with Crippen LogP contribution in [0.2, 0.25) is 0 Å². The van der Waals surface area contributed by atoms with Crippen LogP contribution >= 0.6 is 11.8 Å². The summed E-state index contributed by atoms with van der Waals surface area (Å²) in [7, 11) is 1.94. The van der Waals surface area contributed by atoms with E-state index < -0.39 is 0 Å². The second-order valence-corrected chi connectivity index (χ2v) is 6.25. The van der Waals surface area contributed by atoms with Gasteiger partial charge in [0.15, 0.2) is 0 Å². The van der Waals surface area contributed by atoms with Crippen LogP contribution < -0.4 is 10.1 Å². The molecule has 112 valence electrons. The minimum absolute atomic E-state index is 0.677. The van der Waals surface area contributed by atoms with Crippen molar-refractivity contribution in [2.45, 2.75) is 37.2 Å². The molecular formula is C16H21N3OS. The average Bonchev–Trinajstić information content (AvgIpc) is 3.26. The number of rotatable bonds is 6. The first-order valence-electron chi connectivity index (χ1n) is 7.25. The predicted octanol–water partition coefficient (Wildman–Crippen LogP) is 3.49. The van der Waals surface area contributed by atoms with Gasteiger partial charge >= 0.3 is 0 Å². The summed E-state index contributed by atoms with van der Waals surface area (Å²) in [5.74, 6) is 1.72. The van der Waals surface area contributed by atoms with Crippen LogP contribution in [0.1, 0.15) is 24.1 Å². The molecule has 3 rings (SSSR count). The normalized spacial score (nSPS) is 14.4. The number of ether oxygens (including phenoxy) is 1. The minimum atomic E-state index is 0.677. The first-order valence-corrected chi connectivity index (χ1v) is 8.48. The molecular weight excluding hydrogens is 282 g/mol. The number of nitrogens with one attached hydrogen (secondary N) is 1. The average molecular weight is 303 g/mol. The summed E-state index contributed by atoms with van der Waals surface area (Å²) in [6.07, 6.45) is 4.63. The number of aromatic nitrogens is 2. The zero-order chi connectivity index (χ0) is 14.8. The van der Waals surface area contributed by atoms with Gasteiger partial charge in [-0.05, 0) is 38.2 Å². The van der Waals surface area contributed by atoms with Gasteiger partial charge in [0.05, 0.1) is 11.3 Å². The standard InChI is InChI=1S/C16H21N3OS/c1-11-13(10-17-12-8-9-12)16(19(2)18-11)20-14-6-4-5-7-15(14)21-3/h4-7,12,17H,8-10H2,1-3H3. The maximum absolute atomic E-state index is 6.18.